The molecule has 2 heterocycles. The molecule has 2 N–H and O–H groups in total. The Morgan fingerprint density at radius 1 is 1.52 bits per heavy atom. The molecule has 1 aliphatic heterocycles. The van der Waals surface area contributed by atoms with E-state index in [2.05, 4.69) is 15.5 Å². The van der Waals surface area contributed by atoms with Crippen molar-refractivity contribution in [2.45, 2.75) is 25.7 Å². The molecule has 1 aliphatic rings. The first-order valence-corrected chi connectivity index (χ1v) is 7.78. The Kier molecular flexibility index (Phi) is 4.38. The molecule has 0 bridgehead atoms. The number of hydrogen-bond donors (Lipinski definition) is 2. The van der Waals surface area contributed by atoms with Crippen LogP contribution in [0.4, 0.5) is 10.5 Å². The van der Waals surface area contributed by atoms with Gasteiger partial charge in [-0.2, -0.15) is 0 Å². The molecular weight excluding hydrogens is 320 g/mol. The summed E-state index contributed by atoms with van der Waals surface area (Å²) in [6.45, 7) is 3.02. The third kappa shape index (κ3) is 3.56. The minimum atomic E-state index is -0.576. The van der Waals surface area contributed by atoms with Crippen molar-refractivity contribution in [2.75, 3.05) is 18.4 Å². The number of anilines is 1. The first-order valence-electron chi connectivity index (χ1n) is 7.40. The van der Waals surface area contributed by atoms with E-state index in [1.54, 1.807) is 11.0 Å². The number of piperidine rings is 1. The highest BCUT2D eigenvalue weighted by atomic mass is 35.5. The van der Waals surface area contributed by atoms with Crippen LogP contribution in [0.3, 0.4) is 0 Å². The Morgan fingerprint density at radius 3 is 3.09 bits per heavy atom. The molecule has 7 nitrogen and oxygen atoms in total. The van der Waals surface area contributed by atoms with E-state index in [-0.39, 0.29) is 11.9 Å². The Balaban J connectivity index is 1.69. The molecule has 0 unspecified atom stereocenters. The number of urea groups is 1. The van der Waals surface area contributed by atoms with Gasteiger partial charge in [0, 0.05) is 13.1 Å². The van der Waals surface area contributed by atoms with Crippen molar-refractivity contribution >= 4 is 23.3 Å². The van der Waals surface area contributed by atoms with Crippen LogP contribution < -0.4 is 11.1 Å². The third-order valence-corrected chi connectivity index (χ3v) is 4.21. The molecule has 3 rings (SSSR count). The van der Waals surface area contributed by atoms with Crippen LogP contribution >= 0.6 is 11.6 Å². The summed E-state index contributed by atoms with van der Waals surface area (Å²) in [5.41, 5.74) is 1.60. The number of halogens is 1. The number of amides is 2. The lowest BCUT2D eigenvalue weighted by Gasteiger charge is -2.31. The van der Waals surface area contributed by atoms with Crippen LogP contribution in [0, 0.1) is 6.92 Å². The topological polar surface area (TPSA) is 91.2 Å². The average molecular weight is 337 g/mol. The largest absolute Gasteiger partial charge is 0.434 e. The van der Waals surface area contributed by atoms with Gasteiger partial charge in [-0.25, -0.2) is 14.7 Å². The molecule has 1 saturated heterocycles. The van der Waals surface area contributed by atoms with Gasteiger partial charge in [-0.3, -0.25) is 0 Å². The first kappa shape index (κ1) is 15.6. The summed E-state index contributed by atoms with van der Waals surface area (Å²) in [6.07, 6.45) is 1.64. The number of nitrogens with zero attached hydrogens (tertiary/aromatic N) is 2. The van der Waals surface area contributed by atoms with E-state index in [0.717, 1.165) is 18.4 Å². The lowest BCUT2D eigenvalue weighted by Crippen LogP contribution is -2.41. The van der Waals surface area contributed by atoms with Crippen molar-refractivity contribution in [3.8, 4) is 0 Å². The number of aromatic nitrogens is 2. The van der Waals surface area contributed by atoms with Crippen molar-refractivity contribution in [2.24, 2.45) is 0 Å². The minimum Gasteiger partial charge on any atom is -0.392 e. The summed E-state index contributed by atoms with van der Waals surface area (Å²) in [6, 6.07) is 5.24. The molecule has 2 amide bonds. The highest BCUT2D eigenvalue weighted by molar-refractivity contribution is 6.33. The number of nitrogens with one attached hydrogen (secondary N) is 2. The number of carbonyl (C=O) groups is 1. The quantitative estimate of drug-likeness (QED) is 0.882. The van der Waals surface area contributed by atoms with Crippen LogP contribution in [-0.2, 0) is 0 Å². The van der Waals surface area contributed by atoms with Crippen LogP contribution in [0.15, 0.2) is 27.4 Å². The number of aromatic amines is 1. The van der Waals surface area contributed by atoms with E-state index in [9.17, 15) is 9.59 Å². The fraction of sp³-hybridized carbons (Fsp3) is 0.400. The zero-order chi connectivity index (χ0) is 16.4. The normalized spacial score (nSPS) is 18.0. The maximum Gasteiger partial charge on any atom is 0.434 e. The molecule has 8 heteroatoms. The van der Waals surface area contributed by atoms with Gasteiger partial charge in [0.15, 0.2) is 0 Å². The SMILES string of the molecule is Cc1ccc(Cl)c(NC(=O)N2CCC[C@H](c3n[nH]c(=O)o3)C2)c1. The number of rotatable bonds is 2. The lowest BCUT2D eigenvalue weighted by atomic mass is 9.98. The van der Waals surface area contributed by atoms with Gasteiger partial charge in [-0.15, -0.1) is 5.10 Å². The fourth-order valence-electron chi connectivity index (χ4n) is 2.71. The predicted molar refractivity (Wildman–Crippen MR) is 85.9 cm³/mol. The van der Waals surface area contributed by atoms with Crippen molar-refractivity contribution in [1.82, 2.24) is 15.1 Å². The second-order valence-corrected chi connectivity index (χ2v) is 6.06. The fourth-order valence-corrected chi connectivity index (χ4v) is 2.87. The summed E-state index contributed by atoms with van der Waals surface area (Å²) in [5, 5.41) is 9.44. The van der Waals surface area contributed by atoms with E-state index in [1.807, 2.05) is 19.1 Å². The predicted octanol–water partition coefficient (Wildman–Crippen LogP) is 2.74. The molecular formula is C15H17ClN4O3. The molecule has 0 saturated carbocycles. The highest BCUT2D eigenvalue weighted by Gasteiger charge is 2.28. The smallest absolute Gasteiger partial charge is 0.392 e. The summed E-state index contributed by atoms with van der Waals surface area (Å²) < 4.78 is 5.00. The van der Waals surface area contributed by atoms with E-state index in [4.69, 9.17) is 16.0 Å². The second-order valence-electron chi connectivity index (χ2n) is 5.65. The van der Waals surface area contributed by atoms with E-state index in [1.165, 1.54) is 0 Å². The molecule has 2 aromatic rings. The molecule has 1 aromatic heterocycles. The van der Waals surface area contributed by atoms with Gasteiger partial charge in [0.25, 0.3) is 0 Å². The lowest BCUT2D eigenvalue weighted by molar-refractivity contribution is 0.186. The Bertz CT molecular complexity index is 770. The van der Waals surface area contributed by atoms with Crippen LogP contribution in [0.1, 0.15) is 30.2 Å². The van der Waals surface area contributed by atoms with E-state index in [0.29, 0.717) is 29.7 Å². The monoisotopic (exact) mass is 336 g/mol. The van der Waals surface area contributed by atoms with Crippen LogP contribution in [0.5, 0.6) is 0 Å². The number of aryl methyl sites for hydroxylation is 1. The van der Waals surface area contributed by atoms with Gasteiger partial charge in [0.05, 0.1) is 16.6 Å². The van der Waals surface area contributed by atoms with Crippen molar-refractivity contribution in [3.05, 3.63) is 45.2 Å². The van der Waals surface area contributed by atoms with Crippen molar-refractivity contribution < 1.29 is 9.21 Å². The second kappa shape index (κ2) is 6.45. The van der Waals surface area contributed by atoms with Gasteiger partial charge in [-0.05, 0) is 37.5 Å². The van der Waals surface area contributed by atoms with Gasteiger partial charge < -0.3 is 14.6 Å². The molecule has 0 spiro atoms. The van der Waals surface area contributed by atoms with Crippen LogP contribution in [0.25, 0.3) is 0 Å². The zero-order valence-electron chi connectivity index (χ0n) is 12.6. The Morgan fingerprint density at radius 2 is 2.35 bits per heavy atom. The summed E-state index contributed by atoms with van der Waals surface area (Å²) in [5.74, 6) is -0.310. The molecule has 1 aromatic carbocycles. The molecule has 0 radical (unpaired) electrons. The van der Waals surface area contributed by atoms with Crippen LogP contribution in [-0.4, -0.2) is 34.2 Å². The first-order chi connectivity index (χ1) is 11.0. The van der Waals surface area contributed by atoms with E-state index >= 15 is 0 Å². The molecule has 1 fully saturated rings. The number of H-pyrrole nitrogens is 1. The standard InChI is InChI=1S/C15H17ClN4O3/c1-9-4-5-11(16)12(7-9)17-14(21)20-6-2-3-10(8-20)13-18-19-15(22)23-13/h4-5,7,10H,2-3,6,8H2,1H3,(H,17,21)(H,19,22)/t10-/m0/s1. The number of benzene rings is 1. The Hall–Kier alpha value is -2.28. The summed E-state index contributed by atoms with van der Waals surface area (Å²) in [4.78, 5) is 25.2. The van der Waals surface area contributed by atoms with Gasteiger partial charge in [-0.1, -0.05) is 17.7 Å². The van der Waals surface area contributed by atoms with Crippen molar-refractivity contribution in [1.29, 1.82) is 0 Å². The van der Waals surface area contributed by atoms with Gasteiger partial charge >= 0.3 is 11.8 Å². The molecule has 1 atom stereocenters. The summed E-state index contributed by atoms with van der Waals surface area (Å²) >= 11 is 6.11. The third-order valence-electron chi connectivity index (χ3n) is 3.88. The minimum absolute atomic E-state index is 0.0820. The van der Waals surface area contributed by atoms with Crippen LogP contribution in [0.2, 0.25) is 5.02 Å². The maximum absolute atomic E-state index is 12.4. The van der Waals surface area contributed by atoms with Gasteiger partial charge in [0.2, 0.25) is 5.89 Å². The van der Waals surface area contributed by atoms with Crippen molar-refractivity contribution in [3.63, 3.8) is 0 Å². The number of carbonyl (C=O) groups excluding carboxylic acids is 1. The number of likely N-dealkylation sites (tertiary alicyclic amines) is 1. The number of hydrogen-bond acceptors (Lipinski definition) is 4. The highest BCUT2D eigenvalue weighted by Crippen LogP contribution is 2.27. The Labute approximate surface area is 137 Å². The van der Waals surface area contributed by atoms with Gasteiger partial charge in [0.1, 0.15) is 0 Å². The molecule has 122 valence electrons. The molecule has 23 heavy (non-hydrogen) atoms. The maximum atomic E-state index is 12.4. The molecule has 0 aliphatic carbocycles. The zero-order valence-corrected chi connectivity index (χ0v) is 13.4. The average Bonchev–Trinajstić information content (AvgIpc) is 2.97. The van der Waals surface area contributed by atoms with E-state index < -0.39 is 5.76 Å². The summed E-state index contributed by atoms with van der Waals surface area (Å²) in [7, 11) is 0.